The van der Waals surface area contributed by atoms with E-state index in [0.29, 0.717) is 13.0 Å². The van der Waals surface area contributed by atoms with Crippen molar-refractivity contribution in [1.82, 2.24) is 5.32 Å². The van der Waals surface area contributed by atoms with E-state index >= 15 is 0 Å². The monoisotopic (exact) mass is 227 g/mol. The van der Waals surface area contributed by atoms with E-state index in [2.05, 4.69) is 5.32 Å². The Morgan fingerprint density at radius 2 is 2.00 bits per heavy atom. The van der Waals surface area contributed by atoms with Crippen molar-refractivity contribution in [3.05, 3.63) is 35.6 Å². The minimum absolute atomic E-state index is 0.144. The Labute approximate surface area is 94.9 Å². The van der Waals surface area contributed by atoms with Crippen LogP contribution in [0.3, 0.4) is 0 Å². The highest BCUT2D eigenvalue weighted by Gasteiger charge is 2.25. The molecule has 90 valence electrons. The Bertz CT molecular complexity index is 318. The number of halogens is 1. The molecule has 0 aliphatic rings. The molecule has 1 aromatic rings. The molecule has 0 aromatic heterocycles. The van der Waals surface area contributed by atoms with Crippen LogP contribution in [0.25, 0.3) is 0 Å². The molecule has 0 bridgehead atoms. The molecule has 0 spiro atoms. The van der Waals surface area contributed by atoms with Crippen LogP contribution in [-0.4, -0.2) is 29.0 Å². The molecule has 0 heterocycles. The summed E-state index contributed by atoms with van der Waals surface area (Å²) in [5, 5.41) is 21.5. The normalized spacial score (nSPS) is 11.8. The van der Waals surface area contributed by atoms with Gasteiger partial charge in [-0.2, -0.15) is 0 Å². The largest absolute Gasteiger partial charge is 0.394 e. The zero-order chi connectivity index (χ0) is 12.0. The Morgan fingerprint density at radius 3 is 2.50 bits per heavy atom. The topological polar surface area (TPSA) is 52.5 Å². The standard InChI is InChI=1S/C12H18FNO2/c1-2-12(8-15,9-16)14-7-10-4-3-5-11(13)6-10/h3-6,14-16H,2,7-9H2,1H3. The van der Waals surface area contributed by atoms with Crippen molar-refractivity contribution in [1.29, 1.82) is 0 Å². The second-order valence-corrected chi connectivity index (χ2v) is 3.93. The summed E-state index contributed by atoms with van der Waals surface area (Å²) in [6.45, 7) is 2.02. The predicted octanol–water partition coefficient (Wildman–Crippen LogP) is 1.05. The van der Waals surface area contributed by atoms with E-state index in [-0.39, 0.29) is 19.0 Å². The van der Waals surface area contributed by atoms with Crippen LogP contribution in [0.1, 0.15) is 18.9 Å². The van der Waals surface area contributed by atoms with Gasteiger partial charge < -0.3 is 15.5 Å². The van der Waals surface area contributed by atoms with Crippen molar-refractivity contribution in [3.8, 4) is 0 Å². The van der Waals surface area contributed by atoms with Crippen LogP contribution in [0.5, 0.6) is 0 Å². The lowest BCUT2D eigenvalue weighted by atomic mass is 9.98. The molecule has 0 fully saturated rings. The van der Waals surface area contributed by atoms with Crippen LogP contribution in [0, 0.1) is 5.82 Å². The fourth-order valence-electron chi connectivity index (χ4n) is 1.45. The maximum atomic E-state index is 12.9. The molecule has 0 atom stereocenters. The summed E-state index contributed by atoms with van der Waals surface area (Å²) in [5.74, 6) is -0.283. The number of aliphatic hydroxyl groups is 2. The van der Waals surface area contributed by atoms with Crippen molar-refractivity contribution in [2.45, 2.75) is 25.4 Å². The average molecular weight is 227 g/mol. The smallest absolute Gasteiger partial charge is 0.123 e. The minimum Gasteiger partial charge on any atom is -0.394 e. The molecular weight excluding hydrogens is 209 g/mol. The first kappa shape index (κ1) is 13.1. The van der Waals surface area contributed by atoms with Gasteiger partial charge in [0.1, 0.15) is 5.82 Å². The molecule has 16 heavy (non-hydrogen) atoms. The van der Waals surface area contributed by atoms with E-state index in [9.17, 15) is 14.6 Å². The summed E-state index contributed by atoms with van der Waals surface area (Å²) in [4.78, 5) is 0. The highest BCUT2D eigenvalue weighted by Crippen LogP contribution is 2.11. The fraction of sp³-hybridized carbons (Fsp3) is 0.500. The quantitative estimate of drug-likeness (QED) is 0.681. The van der Waals surface area contributed by atoms with E-state index in [1.54, 1.807) is 12.1 Å². The first-order valence-corrected chi connectivity index (χ1v) is 5.37. The Hall–Kier alpha value is -0.970. The highest BCUT2D eigenvalue weighted by molar-refractivity contribution is 5.16. The number of nitrogens with one attached hydrogen (secondary N) is 1. The fourth-order valence-corrected chi connectivity index (χ4v) is 1.45. The van der Waals surface area contributed by atoms with Crippen molar-refractivity contribution in [2.75, 3.05) is 13.2 Å². The highest BCUT2D eigenvalue weighted by atomic mass is 19.1. The number of aliphatic hydroxyl groups excluding tert-OH is 2. The van der Waals surface area contributed by atoms with Crippen molar-refractivity contribution < 1.29 is 14.6 Å². The molecule has 1 aromatic carbocycles. The van der Waals surface area contributed by atoms with E-state index < -0.39 is 5.54 Å². The molecule has 0 amide bonds. The first-order valence-electron chi connectivity index (χ1n) is 5.37. The summed E-state index contributed by atoms with van der Waals surface area (Å²) in [6.07, 6.45) is 0.606. The molecule has 3 nitrogen and oxygen atoms in total. The van der Waals surface area contributed by atoms with Gasteiger partial charge in [0.05, 0.1) is 18.8 Å². The maximum absolute atomic E-state index is 12.9. The van der Waals surface area contributed by atoms with Crippen molar-refractivity contribution >= 4 is 0 Å². The first-order chi connectivity index (χ1) is 7.65. The van der Waals surface area contributed by atoms with Crippen LogP contribution >= 0.6 is 0 Å². The molecule has 0 aliphatic carbocycles. The van der Waals surface area contributed by atoms with Gasteiger partial charge in [-0.1, -0.05) is 19.1 Å². The summed E-state index contributed by atoms with van der Waals surface area (Å²) in [6, 6.07) is 6.25. The molecule has 0 unspecified atom stereocenters. The third-order valence-electron chi connectivity index (χ3n) is 2.84. The van der Waals surface area contributed by atoms with Gasteiger partial charge in [-0.15, -0.1) is 0 Å². The van der Waals surface area contributed by atoms with Crippen LogP contribution in [0.15, 0.2) is 24.3 Å². The molecule has 1 rings (SSSR count). The third-order valence-corrected chi connectivity index (χ3v) is 2.84. The van der Waals surface area contributed by atoms with Gasteiger partial charge in [-0.3, -0.25) is 0 Å². The van der Waals surface area contributed by atoms with E-state index in [4.69, 9.17) is 0 Å². The maximum Gasteiger partial charge on any atom is 0.123 e. The van der Waals surface area contributed by atoms with Crippen LogP contribution in [-0.2, 0) is 6.54 Å². The van der Waals surface area contributed by atoms with Gasteiger partial charge in [0, 0.05) is 6.54 Å². The molecule has 4 heteroatoms. The molecule has 0 saturated carbocycles. The molecule has 3 N–H and O–H groups in total. The average Bonchev–Trinajstić information content (AvgIpc) is 2.32. The number of hydrogen-bond acceptors (Lipinski definition) is 3. The van der Waals surface area contributed by atoms with Crippen LogP contribution in [0.4, 0.5) is 4.39 Å². The number of hydrogen-bond donors (Lipinski definition) is 3. The van der Waals surface area contributed by atoms with E-state index in [1.807, 2.05) is 6.92 Å². The van der Waals surface area contributed by atoms with E-state index in [0.717, 1.165) is 5.56 Å². The van der Waals surface area contributed by atoms with Crippen molar-refractivity contribution in [3.63, 3.8) is 0 Å². The van der Waals surface area contributed by atoms with Crippen LogP contribution < -0.4 is 5.32 Å². The SMILES string of the molecule is CCC(CO)(CO)NCc1cccc(F)c1. The summed E-state index contributed by atoms with van der Waals surface area (Å²) in [5.41, 5.74) is 0.103. The summed E-state index contributed by atoms with van der Waals surface area (Å²) >= 11 is 0. The number of benzene rings is 1. The molecule has 0 saturated heterocycles. The zero-order valence-electron chi connectivity index (χ0n) is 9.41. The minimum atomic E-state index is -0.688. The zero-order valence-corrected chi connectivity index (χ0v) is 9.41. The summed E-state index contributed by atoms with van der Waals surface area (Å²) in [7, 11) is 0. The van der Waals surface area contributed by atoms with Gasteiger partial charge in [0.15, 0.2) is 0 Å². The van der Waals surface area contributed by atoms with Gasteiger partial charge in [-0.25, -0.2) is 4.39 Å². The van der Waals surface area contributed by atoms with Gasteiger partial charge in [0.25, 0.3) is 0 Å². The lowest BCUT2D eigenvalue weighted by Crippen LogP contribution is -2.50. The second kappa shape index (κ2) is 5.94. The Balaban J connectivity index is 2.62. The predicted molar refractivity (Wildman–Crippen MR) is 60.4 cm³/mol. The van der Waals surface area contributed by atoms with Crippen LogP contribution in [0.2, 0.25) is 0 Å². The lowest BCUT2D eigenvalue weighted by molar-refractivity contribution is 0.0864. The summed E-state index contributed by atoms with van der Waals surface area (Å²) < 4.78 is 12.9. The van der Waals surface area contributed by atoms with E-state index in [1.165, 1.54) is 12.1 Å². The Kier molecular flexibility index (Phi) is 4.86. The van der Waals surface area contributed by atoms with Gasteiger partial charge in [0.2, 0.25) is 0 Å². The van der Waals surface area contributed by atoms with Crippen molar-refractivity contribution in [2.24, 2.45) is 0 Å². The molecule has 0 radical (unpaired) electrons. The van der Waals surface area contributed by atoms with Gasteiger partial charge >= 0.3 is 0 Å². The Morgan fingerprint density at radius 1 is 1.31 bits per heavy atom. The second-order valence-electron chi connectivity index (χ2n) is 3.93. The lowest BCUT2D eigenvalue weighted by Gasteiger charge is -2.29. The van der Waals surface area contributed by atoms with Gasteiger partial charge in [-0.05, 0) is 24.1 Å². The third kappa shape index (κ3) is 3.27. The molecule has 0 aliphatic heterocycles. The molecular formula is C12H18FNO2. The number of rotatable bonds is 6.